The van der Waals surface area contributed by atoms with Gasteiger partial charge in [0.25, 0.3) is 5.56 Å². The van der Waals surface area contributed by atoms with E-state index in [2.05, 4.69) is 21.2 Å². The van der Waals surface area contributed by atoms with Crippen LogP contribution in [0.25, 0.3) is 5.69 Å². The van der Waals surface area contributed by atoms with Crippen LogP contribution in [-0.4, -0.2) is 65.6 Å². The summed E-state index contributed by atoms with van der Waals surface area (Å²) in [5, 5.41) is 2.76. The van der Waals surface area contributed by atoms with Crippen molar-refractivity contribution in [2.75, 3.05) is 38.0 Å². The van der Waals surface area contributed by atoms with Gasteiger partial charge in [0.15, 0.2) is 0 Å². The number of hydrogen-bond acceptors (Lipinski definition) is 5. The maximum atomic E-state index is 13.0. The second-order valence-corrected chi connectivity index (χ2v) is 11.0. The molecule has 0 spiro atoms. The SMILES string of the molecule is Cc1c(NC(=O)CN2CCN(S(=O)(=O)c3cccc(Br)c3)CC2)c(=O)n(-c2ccccc2)n1C. The minimum Gasteiger partial charge on any atom is -0.319 e. The van der Waals surface area contributed by atoms with Gasteiger partial charge in [0.1, 0.15) is 5.69 Å². The van der Waals surface area contributed by atoms with Crippen molar-refractivity contribution in [1.82, 2.24) is 18.6 Å². The highest BCUT2D eigenvalue weighted by Crippen LogP contribution is 2.21. The Hall–Kier alpha value is -2.73. The van der Waals surface area contributed by atoms with Gasteiger partial charge in [-0.25, -0.2) is 13.1 Å². The third-order valence-corrected chi connectivity index (χ3v) is 8.34. The Balaban J connectivity index is 1.40. The molecule has 0 saturated carbocycles. The first-order valence-electron chi connectivity index (χ1n) is 10.8. The molecule has 11 heteroatoms. The number of rotatable bonds is 6. The van der Waals surface area contributed by atoms with Crippen LogP contribution in [0.1, 0.15) is 5.69 Å². The molecule has 180 valence electrons. The van der Waals surface area contributed by atoms with Crippen LogP contribution in [0.15, 0.2) is 68.8 Å². The van der Waals surface area contributed by atoms with Gasteiger partial charge < -0.3 is 5.32 Å². The highest BCUT2D eigenvalue weighted by atomic mass is 79.9. The number of carbonyl (C=O) groups excluding carboxylic acids is 1. The van der Waals surface area contributed by atoms with Gasteiger partial charge in [-0.1, -0.05) is 40.2 Å². The lowest BCUT2D eigenvalue weighted by atomic mass is 10.3. The molecule has 1 saturated heterocycles. The molecule has 0 radical (unpaired) electrons. The molecule has 0 aliphatic carbocycles. The van der Waals surface area contributed by atoms with Crippen molar-refractivity contribution in [2.45, 2.75) is 11.8 Å². The van der Waals surface area contributed by atoms with Crippen LogP contribution in [0.2, 0.25) is 0 Å². The van der Waals surface area contributed by atoms with E-state index in [4.69, 9.17) is 0 Å². The smallest absolute Gasteiger partial charge is 0.295 e. The maximum absolute atomic E-state index is 13.0. The van der Waals surface area contributed by atoms with E-state index < -0.39 is 10.0 Å². The van der Waals surface area contributed by atoms with Crippen LogP contribution in [0.4, 0.5) is 5.69 Å². The zero-order valence-electron chi connectivity index (χ0n) is 18.9. The topological polar surface area (TPSA) is 96.7 Å². The molecule has 0 unspecified atom stereocenters. The van der Waals surface area contributed by atoms with Gasteiger partial charge in [0.05, 0.1) is 22.8 Å². The van der Waals surface area contributed by atoms with Crippen LogP contribution >= 0.6 is 15.9 Å². The van der Waals surface area contributed by atoms with E-state index >= 15 is 0 Å². The number of carbonyl (C=O) groups is 1. The summed E-state index contributed by atoms with van der Waals surface area (Å²) in [6, 6.07) is 15.8. The lowest BCUT2D eigenvalue weighted by molar-refractivity contribution is -0.117. The molecule has 1 aliphatic rings. The molecular formula is C23H26BrN5O4S. The zero-order valence-corrected chi connectivity index (χ0v) is 21.3. The standard InChI is InChI=1S/C23H26BrN5O4S/c1-17-22(23(31)29(26(17)2)19-8-4-3-5-9-19)25-21(30)16-27-11-13-28(14-12-27)34(32,33)20-10-6-7-18(24)15-20/h3-10,15H,11-14,16H2,1-2H3,(H,25,30). The number of halogens is 1. The quantitative estimate of drug-likeness (QED) is 0.510. The number of anilines is 1. The number of benzene rings is 2. The Kier molecular flexibility index (Phi) is 7.08. The number of nitrogens with zero attached hydrogens (tertiary/aromatic N) is 4. The Morgan fingerprint density at radius 3 is 2.35 bits per heavy atom. The van der Waals surface area contributed by atoms with Crippen molar-refractivity contribution < 1.29 is 13.2 Å². The fourth-order valence-corrected chi connectivity index (χ4v) is 6.02. The molecule has 1 fully saturated rings. The van der Waals surface area contributed by atoms with Crippen LogP contribution in [0, 0.1) is 6.92 Å². The monoisotopic (exact) mass is 547 g/mol. The van der Waals surface area contributed by atoms with Gasteiger partial charge in [-0.2, -0.15) is 4.31 Å². The average Bonchev–Trinajstić information content (AvgIpc) is 3.03. The van der Waals surface area contributed by atoms with Gasteiger partial charge in [-0.15, -0.1) is 0 Å². The number of nitrogens with one attached hydrogen (secondary N) is 1. The number of amides is 1. The van der Waals surface area contributed by atoms with Crippen LogP contribution in [-0.2, 0) is 21.9 Å². The van der Waals surface area contributed by atoms with Gasteiger partial charge >= 0.3 is 0 Å². The maximum Gasteiger partial charge on any atom is 0.295 e. The Morgan fingerprint density at radius 1 is 1.03 bits per heavy atom. The van der Waals surface area contributed by atoms with Crippen LogP contribution in [0.3, 0.4) is 0 Å². The summed E-state index contributed by atoms with van der Waals surface area (Å²) in [6.45, 7) is 3.26. The van der Waals surface area contributed by atoms with Crippen molar-refractivity contribution in [3.8, 4) is 5.69 Å². The fraction of sp³-hybridized carbons (Fsp3) is 0.304. The summed E-state index contributed by atoms with van der Waals surface area (Å²) in [7, 11) is -1.83. The number of sulfonamides is 1. The largest absolute Gasteiger partial charge is 0.319 e. The van der Waals surface area contributed by atoms with Crippen molar-refractivity contribution in [2.24, 2.45) is 7.05 Å². The molecule has 3 aromatic rings. The van der Waals surface area contributed by atoms with Gasteiger partial charge in [-0.05, 0) is 37.3 Å². The highest BCUT2D eigenvalue weighted by molar-refractivity contribution is 9.10. The van der Waals surface area contributed by atoms with Crippen molar-refractivity contribution in [1.29, 1.82) is 0 Å². The van der Waals surface area contributed by atoms with Crippen molar-refractivity contribution >= 4 is 37.5 Å². The van der Waals surface area contributed by atoms with E-state index in [0.717, 1.165) is 0 Å². The molecule has 1 aromatic heterocycles. The molecule has 4 rings (SSSR count). The van der Waals surface area contributed by atoms with E-state index in [9.17, 15) is 18.0 Å². The predicted octanol–water partition coefficient (Wildman–Crippen LogP) is 2.19. The Labute approximate surface area is 206 Å². The first-order chi connectivity index (χ1) is 16.2. The molecule has 0 atom stereocenters. The lowest BCUT2D eigenvalue weighted by Crippen LogP contribution is -2.50. The second-order valence-electron chi connectivity index (χ2n) is 8.12. The first-order valence-corrected chi connectivity index (χ1v) is 13.0. The van der Waals surface area contributed by atoms with Gasteiger partial charge in [0, 0.05) is 37.7 Å². The zero-order chi connectivity index (χ0) is 24.5. The molecule has 1 aliphatic heterocycles. The predicted molar refractivity (Wildman–Crippen MR) is 134 cm³/mol. The summed E-state index contributed by atoms with van der Waals surface area (Å²) in [5.74, 6) is -0.311. The van der Waals surface area contributed by atoms with Gasteiger partial charge in [-0.3, -0.25) is 19.2 Å². The molecule has 1 amide bonds. The normalized spacial score (nSPS) is 15.4. The third kappa shape index (κ3) is 4.88. The minimum atomic E-state index is -3.60. The molecule has 34 heavy (non-hydrogen) atoms. The molecule has 0 bridgehead atoms. The number of piperazine rings is 1. The molecular weight excluding hydrogens is 522 g/mol. The van der Waals surface area contributed by atoms with E-state index in [1.165, 1.54) is 8.99 Å². The Bertz CT molecular complexity index is 1360. The highest BCUT2D eigenvalue weighted by Gasteiger charge is 2.29. The minimum absolute atomic E-state index is 0.0733. The summed E-state index contributed by atoms with van der Waals surface area (Å²) < 4.78 is 31.2. The summed E-state index contributed by atoms with van der Waals surface area (Å²) >= 11 is 3.31. The van der Waals surface area contributed by atoms with Crippen molar-refractivity contribution in [3.63, 3.8) is 0 Å². The van der Waals surface area contributed by atoms with Crippen molar-refractivity contribution in [3.05, 3.63) is 75.1 Å². The number of aromatic nitrogens is 2. The number of hydrogen-bond donors (Lipinski definition) is 1. The second kappa shape index (κ2) is 9.87. The molecule has 2 aromatic carbocycles. The number of para-hydroxylation sites is 1. The average molecular weight is 548 g/mol. The van der Waals surface area contributed by atoms with Crippen LogP contribution < -0.4 is 10.9 Å². The van der Waals surface area contributed by atoms with E-state index in [-0.39, 0.29) is 41.7 Å². The third-order valence-electron chi connectivity index (χ3n) is 5.95. The summed E-state index contributed by atoms with van der Waals surface area (Å²) in [6.07, 6.45) is 0. The van der Waals surface area contributed by atoms with Gasteiger partial charge in [0.2, 0.25) is 15.9 Å². The fourth-order valence-electron chi connectivity index (χ4n) is 4.00. The summed E-state index contributed by atoms with van der Waals surface area (Å²) in [5.41, 5.74) is 1.30. The van der Waals surface area contributed by atoms with E-state index in [0.29, 0.717) is 28.9 Å². The van der Waals surface area contributed by atoms with Crippen LogP contribution in [0.5, 0.6) is 0 Å². The molecule has 9 nitrogen and oxygen atoms in total. The molecule has 2 heterocycles. The molecule has 1 N–H and O–H groups in total. The van der Waals surface area contributed by atoms with E-state index in [1.807, 2.05) is 35.2 Å². The lowest BCUT2D eigenvalue weighted by Gasteiger charge is -2.33. The van der Waals surface area contributed by atoms with E-state index in [1.54, 1.807) is 42.9 Å². The Morgan fingerprint density at radius 2 is 1.71 bits per heavy atom. The first kappa shape index (κ1) is 24.4. The summed E-state index contributed by atoms with van der Waals surface area (Å²) in [4.78, 5) is 27.8.